The number of halogens is 2. The van der Waals surface area contributed by atoms with E-state index in [4.69, 9.17) is 23.2 Å². The van der Waals surface area contributed by atoms with Gasteiger partial charge in [-0.1, -0.05) is 59.6 Å². The van der Waals surface area contributed by atoms with Crippen molar-refractivity contribution in [2.45, 2.75) is 0 Å². The molecule has 0 aliphatic carbocycles. The molecule has 0 amide bonds. The summed E-state index contributed by atoms with van der Waals surface area (Å²) in [5.74, 6) is 0. The summed E-state index contributed by atoms with van der Waals surface area (Å²) in [4.78, 5) is 0. The van der Waals surface area contributed by atoms with Crippen molar-refractivity contribution in [3.63, 3.8) is 0 Å². The summed E-state index contributed by atoms with van der Waals surface area (Å²) in [6.45, 7) is 0. The van der Waals surface area contributed by atoms with Gasteiger partial charge in [-0.15, -0.1) is 0 Å². The summed E-state index contributed by atoms with van der Waals surface area (Å²) in [6, 6.07) is 16.5. The first kappa shape index (κ1) is 9.57. The molecule has 0 heterocycles. The van der Waals surface area contributed by atoms with Crippen LogP contribution in [0.25, 0.3) is 11.1 Å². The monoisotopic (exact) mass is 221 g/mol. The Kier molecular flexibility index (Phi) is 2.76. The zero-order valence-electron chi connectivity index (χ0n) is 7.30. The smallest absolute Gasteiger partial charge is 0.0578 e. The quantitative estimate of drug-likeness (QED) is 0.668. The maximum atomic E-state index is 6.02. The van der Waals surface area contributed by atoms with Crippen LogP contribution in [0.1, 0.15) is 0 Å². The fourth-order valence-electron chi connectivity index (χ4n) is 1.28. The van der Waals surface area contributed by atoms with Crippen molar-refractivity contribution in [3.05, 3.63) is 58.6 Å². The highest BCUT2D eigenvalue weighted by Gasteiger charge is 2.03. The van der Waals surface area contributed by atoms with Crippen LogP contribution in [0, 0.1) is 6.07 Å². The van der Waals surface area contributed by atoms with Crippen LogP contribution in [0.15, 0.2) is 42.5 Å². The Morgan fingerprint density at radius 2 is 1.57 bits per heavy atom. The molecule has 0 spiro atoms. The fraction of sp³-hybridized carbons (Fsp3) is 0. The minimum absolute atomic E-state index is 0.537. The van der Waals surface area contributed by atoms with E-state index in [1.165, 1.54) is 0 Å². The molecule has 0 saturated heterocycles. The van der Waals surface area contributed by atoms with Crippen LogP contribution in [0.3, 0.4) is 0 Å². The first-order valence-electron chi connectivity index (χ1n) is 4.20. The molecule has 0 bridgehead atoms. The Morgan fingerprint density at radius 3 is 2.21 bits per heavy atom. The van der Waals surface area contributed by atoms with E-state index in [1.807, 2.05) is 36.4 Å². The van der Waals surface area contributed by atoms with E-state index < -0.39 is 0 Å². The molecule has 0 nitrogen and oxygen atoms in total. The summed E-state index contributed by atoms with van der Waals surface area (Å²) in [6.07, 6.45) is 0. The van der Waals surface area contributed by atoms with Crippen molar-refractivity contribution in [2.24, 2.45) is 0 Å². The van der Waals surface area contributed by atoms with Gasteiger partial charge in [0.25, 0.3) is 0 Å². The molecular formula is C12H7Cl2. The van der Waals surface area contributed by atoms with E-state index >= 15 is 0 Å². The van der Waals surface area contributed by atoms with Crippen LogP contribution in [0.2, 0.25) is 10.0 Å². The topological polar surface area (TPSA) is 0 Å². The van der Waals surface area contributed by atoms with Gasteiger partial charge in [-0.3, -0.25) is 0 Å². The Bertz CT molecular complexity index is 435. The van der Waals surface area contributed by atoms with Crippen molar-refractivity contribution >= 4 is 23.2 Å². The summed E-state index contributed by atoms with van der Waals surface area (Å²) in [7, 11) is 0. The lowest BCUT2D eigenvalue weighted by Crippen LogP contribution is -1.78. The van der Waals surface area contributed by atoms with E-state index in [9.17, 15) is 0 Å². The molecule has 2 aromatic carbocycles. The molecule has 0 saturated carbocycles. The Labute approximate surface area is 93.1 Å². The molecule has 2 aromatic rings. The van der Waals surface area contributed by atoms with Gasteiger partial charge in [0, 0.05) is 11.6 Å². The Morgan fingerprint density at radius 1 is 0.857 bits per heavy atom. The first-order valence-corrected chi connectivity index (χ1v) is 4.96. The average Bonchev–Trinajstić information content (AvgIpc) is 2.19. The van der Waals surface area contributed by atoms with Crippen molar-refractivity contribution in [2.75, 3.05) is 0 Å². The maximum absolute atomic E-state index is 6.02. The molecule has 0 aliphatic heterocycles. The maximum Gasteiger partial charge on any atom is 0.0578 e. The van der Waals surface area contributed by atoms with Gasteiger partial charge in [0.05, 0.1) is 10.0 Å². The molecule has 2 rings (SSSR count). The second-order valence-electron chi connectivity index (χ2n) is 2.90. The molecule has 0 atom stereocenters. The zero-order chi connectivity index (χ0) is 9.97. The third-order valence-electron chi connectivity index (χ3n) is 1.95. The van der Waals surface area contributed by atoms with Crippen LogP contribution in [-0.2, 0) is 0 Å². The third kappa shape index (κ3) is 1.92. The number of benzene rings is 2. The molecule has 0 N–H and O–H groups in total. The molecule has 2 heteroatoms. The SMILES string of the molecule is Clc1[c]c(Cl)c(-c2ccccc2)cc1. The van der Waals surface area contributed by atoms with Crippen molar-refractivity contribution in [1.29, 1.82) is 0 Å². The van der Waals surface area contributed by atoms with Gasteiger partial charge in [0.15, 0.2) is 0 Å². The average molecular weight is 222 g/mol. The lowest BCUT2D eigenvalue weighted by Gasteiger charge is -2.03. The highest BCUT2D eigenvalue weighted by Crippen LogP contribution is 2.29. The Balaban J connectivity index is 2.53. The largest absolute Gasteiger partial charge is 0.0836 e. The fourth-order valence-corrected chi connectivity index (χ4v) is 1.76. The van der Waals surface area contributed by atoms with E-state index in [1.54, 1.807) is 6.07 Å². The van der Waals surface area contributed by atoms with E-state index in [0.717, 1.165) is 11.1 Å². The van der Waals surface area contributed by atoms with Gasteiger partial charge in [0.2, 0.25) is 0 Å². The highest BCUT2D eigenvalue weighted by molar-refractivity contribution is 6.36. The number of hydrogen-bond acceptors (Lipinski definition) is 0. The molecule has 0 aliphatic rings. The zero-order valence-corrected chi connectivity index (χ0v) is 8.81. The lowest BCUT2D eigenvalue weighted by molar-refractivity contribution is 1.61. The van der Waals surface area contributed by atoms with E-state index in [2.05, 4.69) is 6.07 Å². The van der Waals surface area contributed by atoms with Gasteiger partial charge < -0.3 is 0 Å². The highest BCUT2D eigenvalue weighted by atomic mass is 35.5. The van der Waals surface area contributed by atoms with Gasteiger partial charge >= 0.3 is 0 Å². The van der Waals surface area contributed by atoms with E-state index in [-0.39, 0.29) is 0 Å². The minimum atomic E-state index is 0.537. The second kappa shape index (κ2) is 4.04. The summed E-state index contributed by atoms with van der Waals surface area (Å²) >= 11 is 11.8. The van der Waals surface area contributed by atoms with Crippen LogP contribution in [-0.4, -0.2) is 0 Å². The molecular weight excluding hydrogens is 215 g/mol. The predicted octanol–water partition coefficient (Wildman–Crippen LogP) is 4.46. The molecule has 14 heavy (non-hydrogen) atoms. The predicted molar refractivity (Wildman–Crippen MR) is 60.7 cm³/mol. The molecule has 0 aromatic heterocycles. The van der Waals surface area contributed by atoms with Gasteiger partial charge in [0.1, 0.15) is 0 Å². The summed E-state index contributed by atoms with van der Waals surface area (Å²) in [5, 5.41) is 1.10. The lowest BCUT2D eigenvalue weighted by atomic mass is 10.1. The van der Waals surface area contributed by atoms with Crippen LogP contribution in [0.5, 0.6) is 0 Å². The Hall–Kier alpha value is -0.980. The number of hydrogen-bond donors (Lipinski definition) is 0. The van der Waals surface area contributed by atoms with Crippen LogP contribution < -0.4 is 0 Å². The van der Waals surface area contributed by atoms with Crippen molar-refractivity contribution in [3.8, 4) is 11.1 Å². The molecule has 69 valence electrons. The standard InChI is InChI=1S/C12H7Cl2/c13-10-6-7-11(12(14)8-10)9-4-2-1-3-5-9/h1-7H. The minimum Gasteiger partial charge on any atom is -0.0836 e. The third-order valence-corrected chi connectivity index (χ3v) is 2.47. The van der Waals surface area contributed by atoms with E-state index in [0.29, 0.717) is 10.0 Å². The van der Waals surface area contributed by atoms with Gasteiger partial charge in [-0.25, -0.2) is 0 Å². The van der Waals surface area contributed by atoms with Gasteiger partial charge in [-0.2, -0.15) is 0 Å². The normalized spacial score (nSPS) is 10.1. The summed E-state index contributed by atoms with van der Waals surface area (Å²) < 4.78 is 0. The molecule has 0 unspecified atom stereocenters. The van der Waals surface area contributed by atoms with Crippen LogP contribution >= 0.6 is 23.2 Å². The second-order valence-corrected chi connectivity index (χ2v) is 3.69. The number of rotatable bonds is 1. The summed E-state index contributed by atoms with van der Waals surface area (Å²) in [5.41, 5.74) is 2.03. The van der Waals surface area contributed by atoms with Crippen molar-refractivity contribution in [1.82, 2.24) is 0 Å². The van der Waals surface area contributed by atoms with Crippen molar-refractivity contribution < 1.29 is 0 Å². The van der Waals surface area contributed by atoms with Crippen LogP contribution in [0.4, 0.5) is 0 Å². The molecule has 1 radical (unpaired) electrons. The molecule has 0 fully saturated rings. The first-order chi connectivity index (χ1) is 6.77. The van der Waals surface area contributed by atoms with Gasteiger partial charge in [-0.05, 0) is 11.6 Å².